The highest BCUT2D eigenvalue weighted by Crippen LogP contribution is 2.28. The molecule has 1 heteroatoms. The van der Waals surface area contributed by atoms with E-state index in [0.717, 1.165) is 0 Å². The van der Waals surface area contributed by atoms with Crippen molar-refractivity contribution in [1.29, 1.82) is 0 Å². The fourth-order valence-electron chi connectivity index (χ4n) is 2.85. The molecule has 1 aromatic heterocycles. The van der Waals surface area contributed by atoms with Crippen LogP contribution < -0.4 is 4.57 Å². The summed E-state index contributed by atoms with van der Waals surface area (Å²) < 4.78 is 2.20. The molecule has 0 aliphatic rings. The summed E-state index contributed by atoms with van der Waals surface area (Å²) in [6, 6.07) is 19.8. The number of hydrogen-bond acceptors (Lipinski definition) is 0. The van der Waals surface area contributed by atoms with E-state index in [0.29, 0.717) is 0 Å². The molecule has 0 bridgehead atoms. The highest BCUT2D eigenvalue weighted by molar-refractivity contribution is 5.72. The number of benzene rings is 2. The van der Waals surface area contributed by atoms with Gasteiger partial charge < -0.3 is 0 Å². The van der Waals surface area contributed by atoms with Crippen LogP contribution in [0.4, 0.5) is 0 Å². The van der Waals surface area contributed by atoms with Crippen molar-refractivity contribution in [2.45, 2.75) is 20.8 Å². The lowest BCUT2D eigenvalue weighted by atomic mass is 9.97. The van der Waals surface area contributed by atoms with Crippen LogP contribution in [0.2, 0.25) is 0 Å². The highest BCUT2D eigenvalue weighted by Gasteiger charge is 2.13. The molecule has 3 aromatic rings. The first-order valence-corrected chi connectivity index (χ1v) is 7.69. The number of hydrogen-bond donors (Lipinski definition) is 0. The molecular weight excluding hydrogens is 266 g/mol. The van der Waals surface area contributed by atoms with Crippen molar-refractivity contribution in [3.63, 3.8) is 0 Å². The fourth-order valence-corrected chi connectivity index (χ4v) is 2.85. The van der Waals surface area contributed by atoms with E-state index in [9.17, 15) is 0 Å². The lowest BCUT2D eigenvalue weighted by Gasteiger charge is -2.09. The molecule has 3 rings (SSSR count). The molecular formula is C21H22N+. The third-order valence-electron chi connectivity index (χ3n) is 4.18. The molecule has 1 nitrogen and oxygen atoms in total. The summed E-state index contributed by atoms with van der Waals surface area (Å²) in [6.07, 6.45) is 2.17. The maximum absolute atomic E-state index is 2.30. The van der Waals surface area contributed by atoms with E-state index in [1.165, 1.54) is 39.1 Å². The monoisotopic (exact) mass is 288 g/mol. The lowest BCUT2D eigenvalue weighted by Crippen LogP contribution is -2.31. The summed E-state index contributed by atoms with van der Waals surface area (Å²) in [5, 5.41) is 0. The van der Waals surface area contributed by atoms with Crippen LogP contribution in [0.3, 0.4) is 0 Å². The third-order valence-corrected chi connectivity index (χ3v) is 4.18. The molecule has 0 saturated carbocycles. The van der Waals surface area contributed by atoms with Crippen LogP contribution in [-0.2, 0) is 7.05 Å². The van der Waals surface area contributed by atoms with Crippen LogP contribution in [0.25, 0.3) is 22.4 Å². The van der Waals surface area contributed by atoms with Crippen LogP contribution in [0.5, 0.6) is 0 Å². The van der Waals surface area contributed by atoms with Gasteiger partial charge in [-0.25, -0.2) is 4.57 Å². The summed E-state index contributed by atoms with van der Waals surface area (Å²) >= 11 is 0. The zero-order valence-corrected chi connectivity index (χ0v) is 13.7. The molecule has 0 unspecified atom stereocenters. The van der Waals surface area contributed by atoms with Gasteiger partial charge in [0.05, 0.1) is 0 Å². The highest BCUT2D eigenvalue weighted by atomic mass is 14.9. The van der Waals surface area contributed by atoms with Crippen molar-refractivity contribution in [2.75, 3.05) is 0 Å². The number of pyridine rings is 1. The first-order valence-electron chi connectivity index (χ1n) is 7.69. The smallest absolute Gasteiger partial charge is 0.201 e. The summed E-state index contributed by atoms with van der Waals surface area (Å²) in [4.78, 5) is 0. The Morgan fingerprint density at radius 3 is 2.00 bits per heavy atom. The van der Waals surface area contributed by atoms with Crippen LogP contribution in [0.1, 0.15) is 16.7 Å². The Balaban J connectivity index is 2.12. The predicted octanol–water partition coefficient (Wildman–Crippen LogP) is 4.77. The largest absolute Gasteiger partial charge is 0.212 e. The van der Waals surface area contributed by atoms with Crippen molar-refractivity contribution in [1.82, 2.24) is 0 Å². The summed E-state index contributed by atoms with van der Waals surface area (Å²) in [5.41, 5.74) is 8.94. The van der Waals surface area contributed by atoms with E-state index in [1.54, 1.807) is 0 Å². The van der Waals surface area contributed by atoms with Crippen LogP contribution in [0.15, 0.2) is 60.8 Å². The maximum Gasteiger partial charge on any atom is 0.212 e. The van der Waals surface area contributed by atoms with E-state index >= 15 is 0 Å². The average molecular weight is 288 g/mol. The maximum atomic E-state index is 2.30. The Bertz CT molecular complexity index is 814. The van der Waals surface area contributed by atoms with Gasteiger partial charge in [0.15, 0.2) is 6.20 Å². The van der Waals surface area contributed by atoms with Crippen LogP contribution >= 0.6 is 0 Å². The Morgan fingerprint density at radius 2 is 1.32 bits per heavy atom. The standard InChI is InChI=1S/C21H22N/c1-15-5-9-18(10-6-15)19-11-8-17(3)20(13-19)21-12-7-16(2)14-22(21)4/h5-14H,1-4H3/q+1. The van der Waals surface area contributed by atoms with Gasteiger partial charge in [0.25, 0.3) is 0 Å². The van der Waals surface area contributed by atoms with Gasteiger partial charge in [0, 0.05) is 17.2 Å². The molecule has 0 amide bonds. The molecule has 1 heterocycles. The second kappa shape index (κ2) is 5.76. The van der Waals surface area contributed by atoms with Crippen molar-refractivity contribution < 1.29 is 4.57 Å². The number of nitrogens with zero attached hydrogens (tertiary/aromatic N) is 1. The molecule has 0 aliphatic carbocycles. The molecule has 110 valence electrons. The molecule has 0 atom stereocenters. The minimum absolute atomic E-state index is 1.25. The Kier molecular flexibility index (Phi) is 3.81. The van der Waals surface area contributed by atoms with Crippen LogP contribution in [-0.4, -0.2) is 0 Å². The average Bonchev–Trinajstić information content (AvgIpc) is 2.49. The van der Waals surface area contributed by atoms with Crippen molar-refractivity contribution in [2.24, 2.45) is 7.05 Å². The molecule has 2 aromatic carbocycles. The molecule has 0 fully saturated rings. The van der Waals surface area contributed by atoms with E-state index in [-0.39, 0.29) is 0 Å². The van der Waals surface area contributed by atoms with E-state index in [2.05, 4.69) is 93.2 Å². The quantitative estimate of drug-likeness (QED) is 0.598. The summed E-state index contributed by atoms with van der Waals surface area (Å²) in [6.45, 7) is 6.42. The first kappa shape index (κ1) is 14.5. The lowest BCUT2D eigenvalue weighted by molar-refractivity contribution is -0.660. The van der Waals surface area contributed by atoms with E-state index in [1.807, 2.05) is 0 Å². The topological polar surface area (TPSA) is 3.88 Å². The van der Waals surface area contributed by atoms with E-state index in [4.69, 9.17) is 0 Å². The van der Waals surface area contributed by atoms with Crippen molar-refractivity contribution in [3.05, 3.63) is 77.5 Å². The van der Waals surface area contributed by atoms with Gasteiger partial charge in [0.2, 0.25) is 5.69 Å². The fraction of sp³-hybridized carbons (Fsp3) is 0.190. The van der Waals surface area contributed by atoms with Crippen LogP contribution in [0, 0.1) is 20.8 Å². The minimum atomic E-state index is 1.25. The van der Waals surface area contributed by atoms with Gasteiger partial charge in [-0.05, 0) is 49.6 Å². The van der Waals surface area contributed by atoms with E-state index < -0.39 is 0 Å². The second-order valence-corrected chi connectivity index (χ2v) is 6.10. The van der Waals surface area contributed by atoms with Gasteiger partial charge in [-0.1, -0.05) is 42.0 Å². The predicted molar refractivity (Wildman–Crippen MR) is 92.7 cm³/mol. The summed E-state index contributed by atoms with van der Waals surface area (Å²) in [5.74, 6) is 0. The van der Waals surface area contributed by atoms with Gasteiger partial charge >= 0.3 is 0 Å². The normalized spacial score (nSPS) is 10.7. The summed E-state index contributed by atoms with van der Waals surface area (Å²) in [7, 11) is 2.11. The van der Waals surface area contributed by atoms with Gasteiger partial charge in [-0.3, -0.25) is 0 Å². The molecule has 22 heavy (non-hydrogen) atoms. The number of rotatable bonds is 2. The van der Waals surface area contributed by atoms with Gasteiger partial charge in [0.1, 0.15) is 7.05 Å². The van der Waals surface area contributed by atoms with Crippen molar-refractivity contribution in [3.8, 4) is 22.4 Å². The molecule has 0 radical (unpaired) electrons. The second-order valence-electron chi connectivity index (χ2n) is 6.10. The van der Waals surface area contributed by atoms with Gasteiger partial charge in [-0.15, -0.1) is 0 Å². The number of aromatic nitrogens is 1. The molecule has 0 aliphatic heterocycles. The van der Waals surface area contributed by atoms with Crippen molar-refractivity contribution >= 4 is 0 Å². The third kappa shape index (κ3) is 2.80. The molecule has 0 N–H and O–H groups in total. The van der Waals surface area contributed by atoms with Gasteiger partial charge in [-0.2, -0.15) is 0 Å². The number of aryl methyl sites for hydroxylation is 4. The minimum Gasteiger partial charge on any atom is -0.201 e. The first-order chi connectivity index (χ1) is 10.5. The Hall–Kier alpha value is -2.41. The Morgan fingerprint density at radius 1 is 0.682 bits per heavy atom. The zero-order chi connectivity index (χ0) is 15.7. The Labute approximate surface area is 132 Å². The SMILES string of the molecule is Cc1ccc(-c2ccc(C)c(-c3ccc(C)c[n+]3C)c2)cc1. The molecule has 0 saturated heterocycles. The zero-order valence-electron chi connectivity index (χ0n) is 13.7. The molecule has 0 spiro atoms.